The minimum Gasteiger partial charge on any atom is -0.493 e. The molecule has 1 aliphatic carbocycles. The molecule has 2 rings (SSSR count). The van der Waals surface area contributed by atoms with Crippen LogP contribution in [0.1, 0.15) is 44.7 Å². The third kappa shape index (κ3) is 2.39. The average molecular weight is 251 g/mol. The standard InChI is InChI=1S/C14H25N3O/c1-9(2)10-5-6-12(15)11(7-10)14-13(18-4)8-16-17(14)3/h8-12H,5-7,15H2,1-4H3. The fraction of sp³-hybridized carbons (Fsp3) is 0.786. The molecule has 1 aromatic rings. The van der Waals surface area contributed by atoms with Crippen LogP contribution in [0, 0.1) is 11.8 Å². The zero-order valence-corrected chi connectivity index (χ0v) is 11.9. The van der Waals surface area contributed by atoms with Gasteiger partial charge in [-0.2, -0.15) is 5.10 Å². The summed E-state index contributed by atoms with van der Waals surface area (Å²) in [4.78, 5) is 0. The van der Waals surface area contributed by atoms with E-state index in [1.807, 2.05) is 11.7 Å². The van der Waals surface area contributed by atoms with Gasteiger partial charge in [0.05, 0.1) is 19.0 Å². The average Bonchev–Trinajstić information content (AvgIpc) is 2.71. The normalized spacial score (nSPS) is 28.7. The first-order valence-corrected chi connectivity index (χ1v) is 6.86. The lowest BCUT2D eigenvalue weighted by Crippen LogP contribution is -2.37. The number of aromatic nitrogens is 2. The minimum atomic E-state index is 0.226. The van der Waals surface area contributed by atoms with Crippen molar-refractivity contribution in [1.29, 1.82) is 0 Å². The first-order chi connectivity index (χ1) is 8.54. The summed E-state index contributed by atoms with van der Waals surface area (Å²) in [6.45, 7) is 4.61. The largest absolute Gasteiger partial charge is 0.493 e. The number of ether oxygens (including phenoxy) is 1. The highest BCUT2D eigenvalue weighted by molar-refractivity contribution is 5.30. The molecule has 102 valence electrons. The highest BCUT2D eigenvalue weighted by Gasteiger charge is 2.34. The van der Waals surface area contributed by atoms with E-state index in [2.05, 4.69) is 18.9 Å². The Morgan fingerprint density at radius 3 is 2.78 bits per heavy atom. The summed E-state index contributed by atoms with van der Waals surface area (Å²) in [5, 5.41) is 4.30. The summed E-state index contributed by atoms with van der Waals surface area (Å²) < 4.78 is 7.35. The fourth-order valence-electron chi connectivity index (χ4n) is 3.15. The van der Waals surface area contributed by atoms with Crippen molar-refractivity contribution in [2.75, 3.05) is 7.11 Å². The molecule has 1 aliphatic rings. The molecule has 0 amide bonds. The second-order valence-electron chi connectivity index (χ2n) is 5.81. The van der Waals surface area contributed by atoms with Gasteiger partial charge in [-0.25, -0.2) is 0 Å². The molecule has 0 aliphatic heterocycles. The minimum absolute atomic E-state index is 0.226. The van der Waals surface area contributed by atoms with Gasteiger partial charge in [-0.05, 0) is 31.1 Å². The Hall–Kier alpha value is -1.03. The topological polar surface area (TPSA) is 53.1 Å². The van der Waals surface area contributed by atoms with Crippen molar-refractivity contribution in [3.8, 4) is 5.75 Å². The molecule has 1 aromatic heterocycles. The van der Waals surface area contributed by atoms with Gasteiger partial charge in [-0.1, -0.05) is 13.8 Å². The van der Waals surface area contributed by atoms with Crippen LogP contribution in [0.3, 0.4) is 0 Å². The van der Waals surface area contributed by atoms with Crippen LogP contribution < -0.4 is 10.5 Å². The van der Waals surface area contributed by atoms with Crippen LogP contribution in [-0.2, 0) is 7.05 Å². The van der Waals surface area contributed by atoms with E-state index in [0.717, 1.165) is 36.1 Å². The number of nitrogens with zero attached hydrogens (tertiary/aromatic N) is 2. The van der Waals surface area contributed by atoms with E-state index >= 15 is 0 Å². The quantitative estimate of drug-likeness (QED) is 0.896. The molecule has 3 atom stereocenters. The number of hydrogen-bond donors (Lipinski definition) is 1. The zero-order chi connectivity index (χ0) is 13.3. The monoisotopic (exact) mass is 251 g/mol. The van der Waals surface area contributed by atoms with Crippen LogP contribution in [-0.4, -0.2) is 22.9 Å². The van der Waals surface area contributed by atoms with E-state index in [9.17, 15) is 0 Å². The predicted molar refractivity (Wildman–Crippen MR) is 72.7 cm³/mol. The molecule has 18 heavy (non-hydrogen) atoms. The summed E-state index contributed by atoms with van der Waals surface area (Å²) >= 11 is 0. The van der Waals surface area contributed by atoms with E-state index < -0.39 is 0 Å². The lowest BCUT2D eigenvalue weighted by molar-refractivity contribution is 0.224. The molecule has 1 saturated carbocycles. The van der Waals surface area contributed by atoms with Crippen molar-refractivity contribution in [2.24, 2.45) is 24.6 Å². The maximum atomic E-state index is 6.33. The molecule has 4 heteroatoms. The Labute approximate surface area is 110 Å². The van der Waals surface area contributed by atoms with Gasteiger partial charge in [0, 0.05) is 19.0 Å². The molecule has 0 saturated heterocycles. The van der Waals surface area contributed by atoms with Gasteiger partial charge in [-0.15, -0.1) is 0 Å². The Bertz CT molecular complexity index is 400. The van der Waals surface area contributed by atoms with Crippen molar-refractivity contribution >= 4 is 0 Å². The van der Waals surface area contributed by atoms with Crippen LogP contribution in [0.15, 0.2) is 6.20 Å². The van der Waals surface area contributed by atoms with Gasteiger partial charge >= 0.3 is 0 Å². The summed E-state index contributed by atoms with van der Waals surface area (Å²) in [5.74, 6) is 2.73. The summed E-state index contributed by atoms with van der Waals surface area (Å²) in [6, 6.07) is 0.226. The summed E-state index contributed by atoms with van der Waals surface area (Å²) in [5.41, 5.74) is 7.49. The van der Waals surface area contributed by atoms with Crippen molar-refractivity contribution in [3.63, 3.8) is 0 Å². The molecular weight excluding hydrogens is 226 g/mol. The summed E-state index contributed by atoms with van der Waals surface area (Å²) in [7, 11) is 3.68. The van der Waals surface area contributed by atoms with Crippen LogP contribution in [0.2, 0.25) is 0 Å². The number of aryl methyl sites for hydroxylation is 1. The van der Waals surface area contributed by atoms with Crippen LogP contribution in [0.4, 0.5) is 0 Å². The van der Waals surface area contributed by atoms with Gasteiger partial charge in [0.1, 0.15) is 0 Å². The highest BCUT2D eigenvalue weighted by Crippen LogP contribution is 2.41. The molecule has 0 aromatic carbocycles. The van der Waals surface area contributed by atoms with Gasteiger partial charge in [-0.3, -0.25) is 4.68 Å². The van der Waals surface area contributed by atoms with E-state index in [-0.39, 0.29) is 6.04 Å². The first kappa shape index (κ1) is 13.4. The van der Waals surface area contributed by atoms with E-state index in [1.165, 1.54) is 6.42 Å². The predicted octanol–water partition coefficient (Wildman–Crippen LogP) is 2.30. The molecule has 0 radical (unpaired) electrons. The SMILES string of the molecule is COc1cnn(C)c1C1CC(C(C)C)CCC1N. The van der Waals surface area contributed by atoms with E-state index in [1.54, 1.807) is 13.3 Å². The molecule has 1 fully saturated rings. The van der Waals surface area contributed by atoms with Gasteiger partial charge in [0.25, 0.3) is 0 Å². The number of hydrogen-bond acceptors (Lipinski definition) is 3. The smallest absolute Gasteiger partial charge is 0.160 e. The van der Waals surface area contributed by atoms with Crippen molar-refractivity contribution in [3.05, 3.63) is 11.9 Å². The van der Waals surface area contributed by atoms with E-state index in [4.69, 9.17) is 10.5 Å². The molecule has 2 N–H and O–H groups in total. The van der Waals surface area contributed by atoms with Crippen LogP contribution in [0.25, 0.3) is 0 Å². The van der Waals surface area contributed by atoms with E-state index in [0.29, 0.717) is 5.92 Å². The second-order valence-corrected chi connectivity index (χ2v) is 5.81. The summed E-state index contributed by atoms with van der Waals surface area (Å²) in [6.07, 6.45) is 5.28. The Morgan fingerprint density at radius 1 is 1.44 bits per heavy atom. The lowest BCUT2D eigenvalue weighted by Gasteiger charge is -2.36. The zero-order valence-electron chi connectivity index (χ0n) is 11.9. The van der Waals surface area contributed by atoms with Crippen LogP contribution >= 0.6 is 0 Å². The molecule has 0 bridgehead atoms. The third-order valence-corrected chi connectivity index (χ3v) is 4.41. The number of methoxy groups -OCH3 is 1. The van der Waals surface area contributed by atoms with Crippen molar-refractivity contribution in [1.82, 2.24) is 9.78 Å². The fourth-order valence-corrected chi connectivity index (χ4v) is 3.15. The third-order valence-electron chi connectivity index (χ3n) is 4.41. The number of nitrogens with two attached hydrogens (primary N) is 1. The van der Waals surface area contributed by atoms with Gasteiger partial charge in [0.2, 0.25) is 0 Å². The van der Waals surface area contributed by atoms with Gasteiger partial charge < -0.3 is 10.5 Å². The van der Waals surface area contributed by atoms with Crippen molar-refractivity contribution < 1.29 is 4.74 Å². The highest BCUT2D eigenvalue weighted by atomic mass is 16.5. The molecule has 4 nitrogen and oxygen atoms in total. The Morgan fingerprint density at radius 2 is 2.17 bits per heavy atom. The molecule has 0 spiro atoms. The Balaban J connectivity index is 2.26. The number of rotatable bonds is 3. The van der Waals surface area contributed by atoms with Crippen LogP contribution in [0.5, 0.6) is 5.75 Å². The van der Waals surface area contributed by atoms with Crippen molar-refractivity contribution in [2.45, 2.75) is 45.1 Å². The lowest BCUT2D eigenvalue weighted by atomic mass is 9.72. The maximum absolute atomic E-state index is 6.33. The first-order valence-electron chi connectivity index (χ1n) is 6.86. The Kier molecular flexibility index (Phi) is 3.95. The maximum Gasteiger partial charge on any atom is 0.160 e. The molecule has 3 unspecified atom stereocenters. The molecular formula is C14H25N3O. The van der Waals surface area contributed by atoms with Gasteiger partial charge in [0.15, 0.2) is 5.75 Å². The second kappa shape index (κ2) is 5.31. The molecule has 1 heterocycles.